The summed E-state index contributed by atoms with van der Waals surface area (Å²) in [5, 5.41) is 3.39. The van der Waals surface area contributed by atoms with Gasteiger partial charge in [0.05, 0.1) is 22.2 Å². The van der Waals surface area contributed by atoms with Crippen molar-refractivity contribution >= 4 is 50.2 Å². The van der Waals surface area contributed by atoms with Gasteiger partial charge in [0.25, 0.3) is 0 Å². The maximum atomic E-state index is 13.8. The molecule has 9 heteroatoms. The number of hydrogen-bond acceptors (Lipinski definition) is 8. The Bertz CT molecular complexity index is 1100. The van der Waals surface area contributed by atoms with Crippen LogP contribution in [-0.2, 0) is 14.3 Å². The average molecular weight is 532 g/mol. The highest BCUT2D eigenvalue weighted by molar-refractivity contribution is 9.10. The van der Waals surface area contributed by atoms with Crippen LogP contribution in [0, 0.1) is 0 Å². The molecule has 34 heavy (non-hydrogen) atoms. The second-order valence-corrected chi connectivity index (χ2v) is 9.64. The molecule has 184 valence electrons. The van der Waals surface area contributed by atoms with E-state index in [0.717, 1.165) is 21.2 Å². The van der Waals surface area contributed by atoms with Crippen molar-refractivity contribution in [1.82, 2.24) is 14.9 Å². The van der Waals surface area contributed by atoms with E-state index in [4.69, 9.17) is 4.74 Å². The van der Waals surface area contributed by atoms with Gasteiger partial charge in [-0.05, 0) is 68.1 Å². The number of Topliss-reactive ketones (excluding diaryl/α,β-unsaturated/α-hetero) is 2. The number of benzene rings is 1. The summed E-state index contributed by atoms with van der Waals surface area (Å²) in [4.78, 5) is 41.5. The zero-order valence-electron chi connectivity index (χ0n) is 20.8. The summed E-state index contributed by atoms with van der Waals surface area (Å²) in [6.45, 7) is 12.2. The van der Waals surface area contributed by atoms with Crippen LogP contribution in [0.4, 0.5) is 5.69 Å². The Morgan fingerprint density at radius 3 is 2.47 bits per heavy atom. The number of hydrogen-bond donors (Lipinski definition) is 1. The van der Waals surface area contributed by atoms with Crippen molar-refractivity contribution in [2.45, 2.75) is 78.0 Å². The summed E-state index contributed by atoms with van der Waals surface area (Å²) < 4.78 is 6.96. The number of nitrogens with one attached hydrogen (secondary N) is 1. The number of halogens is 1. The van der Waals surface area contributed by atoms with Crippen molar-refractivity contribution in [3.05, 3.63) is 29.0 Å². The van der Waals surface area contributed by atoms with Crippen molar-refractivity contribution in [2.24, 2.45) is 4.99 Å². The van der Waals surface area contributed by atoms with Gasteiger partial charge in [-0.3, -0.25) is 24.5 Å². The molecule has 2 heterocycles. The second kappa shape index (κ2) is 10.5. The molecule has 1 aliphatic heterocycles. The first-order valence-corrected chi connectivity index (χ1v) is 12.6. The number of ether oxygens (including phenoxy) is 1. The molecule has 0 aliphatic carbocycles. The Morgan fingerprint density at radius 2 is 1.85 bits per heavy atom. The predicted octanol–water partition coefficient (Wildman–Crippen LogP) is 4.77. The Morgan fingerprint density at radius 1 is 1.18 bits per heavy atom. The molecule has 8 nitrogen and oxygen atoms in total. The summed E-state index contributed by atoms with van der Waals surface area (Å²) in [5.74, 6) is 0.504. The highest BCUT2D eigenvalue weighted by Crippen LogP contribution is 2.33. The first kappa shape index (κ1) is 26.2. The minimum Gasteiger partial charge on any atom is -0.356 e. The Kier molecular flexibility index (Phi) is 8.08. The largest absolute Gasteiger partial charge is 0.356 e. The van der Waals surface area contributed by atoms with Crippen molar-refractivity contribution in [3.8, 4) is 0 Å². The van der Waals surface area contributed by atoms with Gasteiger partial charge in [-0.15, -0.1) is 0 Å². The standard InChI is InChI=1S/C25H34BrN5O3/c1-7-24(6,22(33)16(4)34-25(8-2,9-3)17(5)32)31-15-14-29-23(31)30-18-10-11-19-21(20(18)26)28-13-12-27-19/h10-13,16H,7-9,14-15H2,1-6H3,(H,29,30)/t16-,24?/m0/s1. The van der Waals surface area contributed by atoms with Gasteiger partial charge in [0.15, 0.2) is 17.5 Å². The summed E-state index contributed by atoms with van der Waals surface area (Å²) in [7, 11) is 0. The number of fused-ring (bicyclic) bond motifs is 1. The molecule has 0 bridgehead atoms. The van der Waals surface area contributed by atoms with E-state index in [-0.39, 0.29) is 11.6 Å². The molecule has 1 aliphatic rings. The monoisotopic (exact) mass is 531 g/mol. The van der Waals surface area contributed by atoms with Crippen molar-refractivity contribution in [2.75, 3.05) is 18.4 Å². The van der Waals surface area contributed by atoms with Crippen LogP contribution in [0.3, 0.4) is 0 Å². The van der Waals surface area contributed by atoms with Crippen LogP contribution in [0.5, 0.6) is 0 Å². The van der Waals surface area contributed by atoms with Gasteiger partial charge >= 0.3 is 0 Å². The van der Waals surface area contributed by atoms with Gasteiger partial charge in [-0.2, -0.15) is 0 Å². The number of anilines is 1. The van der Waals surface area contributed by atoms with Crippen molar-refractivity contribution < 1.29 is 14.3 Å². The fraction of sp³-hybridized carbons (Fsp3) is 0.560. The molecule has 3 rings (SSSR count). The zero-order valence-corrected chi connectivity index (χ0v) is 22.4. The summed E-state index contributed by atoms with van der Waals surface area (Å²) in [6.07, 6.45) is 4.18. The predicted molar refractivity (Wildman–Crippen MR) is 138 cm³/mol. The number of aromatic nitrogens is 2. The molecule has 0 fully saturated rings. The van der Waals surface area contributed by atoms with Crippen LogP contribution < -0.4 is 5.32 Å². The zero-order chi connectivity index (χ0) is 25.1. The van der Waals surface area contributed by atoms with E-state index in [2.05, 4.69) is 36.2 Å². The SMILES string of the molecule is CCC(CC)(O[C@@H](C)C(=O)C(C)(CC)N1CCN=C1Nc1ccc2nccnc2c1Br)C(C)=O. The van der Waals surface area contributed by atoms with E-state index in [1.54, 1.807) is 19.3 Å². The average Bonchev–Trinajstić information content (AvgIpc) is 3.32. The molecule has 0 radical (unpaired) electrons. The van der Waals surface area contributed by atoms with E-state index in [1.165, 1.54) is 6.92 Å². The normalized spacial score (nSPS) is 16.8. The number of guanidine groups is 1. The fourth-order valence-electron chi connectivity index (χ4n) is 4.58. The van der Waals surface area contributed by atoms with E-state index in [9.17, 15) is 9.59 Å². The molecule has 0 spiro atoms. The van der Waals surface area contributed by atoms with Crippen LogP contribution in [0.1, 0.15) is 60.8 Å². The molecule has 0 saturated carbocycles. The first-order chi connectivity index (χ1) is 16.1. The lowest BCUT2D eigenvalue weighted by Crippen LogP contribution is -2.59. The summed E-state index contributed by atoms with van der Waals surface area (Å²) in [5.41, 5.74) is 0.524. The van der Waals surface area contributed by atoms with Gasteiger partial charge in [0.1, 0.15) is 22.8 Å². The molecule has 2 aromatic rings. The highest BCUT2D eigenvalue weighted by atomic mass is 79.9. The molecular weight excluding hydrogens is 498 g/mol. The maximum absolute atomic E-state index is 13.8. The van der Waals surface area contributed by atoms with Gasteiger partial charge < -0.3 is 15.0 Å². The third kappa shape index (κ3) is 4.73. The van der Waals surface area contributed by atoms with Crippen LogP contribution in [0.2, 0.25) is 0 Å². The molecule has 0 amide bonds. The maximum Gasteiger partial charge on any atom is 0.199 e. The number of carbonyl (C=O) groups is 2. The lowest BCUT2D eigenvalue weighted by molar-refractivity contribution is -0.163. The van der Waals surface area contributed by atoms with Crippen LogP contribution >= 0.6 is 15.9 Å². The minimum absolute atomic E-state index is 0.0512. The molecule has 1 aromatic carbocycles. The quantitative estimate of drug-likeness (QED) is 0.471. The van der Waals surface area contributed by atoms with Crippen LogP contribution in [0.25, 0.3) is 11.0 Å². The van der Waals surface area contributed by atoms with Crippen molar-refractivity contribution in [1.29, 1.82) is 0 Å². The van der Waals surface area contributed by atoms with E-state index >= 15 is 0 Å². The Balaban J connectivity index is 1.86. The Hall–Kier alpha value is -2.39. The Labute approximate surface area is 209 Å². The third-order valence-corrected chi connectivity index (χ3v) is 7.84. The van der Waals surface area contributed by atoms with Gasteiger partial charge in [-0.1, -0.05) is 20.8 Å². The second-order valence-electron chi connectivity index (χ2n) is 8.84. The van der Waals surface area contributed by atoms with Crippen LogP contribution in [0.15, 0.2) is 34.0 Å². The smallest absolute Gasteiger partial charge is 0.199 e. The van der Waals surface area contributed by atoms with Gasteiger partial charge in [-0.25, -0.2) is 0 Å². The van der Waals surface area contributed by atoms with E-state index in [1.807, 2.05) is 44.7 Å². The number of aliphatic imine (C=N–C) groups is 1. The molecule has 0 saturated heterocycles. The third-order valence-electron chi connectivity index (χ3n) is 7.04. The number of carbonyl (C=O) groups excluding carboxylic acids is 2. The molecular formula is C25H34BrN5O3. The number of rotatable bonds is 10. The van der Waals surface area contributed by atoms with E-state index in [0.29, 0.717) is 38.3 Å². The molecule has 1 N–H and O–H groups in total. The summed E-state index contributed by atoms with van der Waals surface area (Å²) in [6, 6.07) is 3.81. The summed E-state index contributed by atoms with van der Waals surface area (Å²) >= 11 is 3.63. The number of ketones is 2. The molecule has 2 atom stereocenters. The minimum atomic E-state index is -0.944. The van der Waals surface area contributed by atoms with Crippen LogP contribution in [-0.4, -0.2) is 62.7 Å². The lowest BCUT2D eigenvalue weighted by Gasteiger charge is -2.42. The van der Waals surface area contributed by atoms with Gasteiger partial charge in [0.2, 0.25) is 0 Å². The van der Waals surface area contributed by atoms with Crippen molar-refractivity contribution in [3.63, 3.8) is 0 Å². The topological polar surface area (TPSA) is 96.8 Å². The number of nitrogens with zero attached hydrogens (tertiary/aromatic N) is 4. The van der Waals surface area contributed by atoms with Gasteiger partial charge in [0, 0.05) is 18.9 Å². The lowest BCUT2D eigenvalue weighted by atomic mass is 9.87. The first-order valence-electron chi connectivity index (χ1n) is 11.8. The highest BCUT2D eigenvalue weighted by Gasteiger charge is 2.46. The fourth-order valence-corrected chi connectivity index (χ4v) is 5.12. The molecule has 1 aromatic heterocycles. The van der Waals surface area contributed by atoms with E-state index < -0.39 is 17.2 Å². The molecule has 1 unspecified atom stereocenters.